The first-order valence-electron chi connectivity index (χ1n) is 7.77. The van der Waals surface area contributed by atoms with Crippen LogP contribution in [0.5, 0.6) is 0 Å². The number of aryl methyl sites for hydroxylation is 1. The predicted molar refractivity (Wildman–Crippen MR) is 85.0 cm³/mol. The fourth-order valence-corrected chi connectivity index (χ4v) is 3.01. The maximum absolute atomic E-state index is 12.3. The molecule has 3 rings (SSSR count). The Morgan fingerprint density at radius 1 is 1.22 bits per heavy atom. The van der Waals surface area contributed by atoms with E-state index in [4.69, 9.17) is 5.11 Å². The van der Waals surface area contributed by atoms with Gasteiger partial charge in [0, 0.05) is 44.1 Å². The van der Waals surface area contributed by atoms with Crippen molar-refractivity contribution in [3.8, 4) is 0 Å². The van der Waals surface area contributed by atoms with Crippen molar-refractivity contribution in [3.63, 3.8) is 0 Å². The quantitative estimate of drug-likeness (QED) is 0.797. The van der Waals surface area contributed by atoms with Gasteiger partial charge >= 0.3 is 5.97 Å². The van der Waals surface area contributed by atoms with Gasteiger partial charge in [0.1, 0.15) is 0 Å². The van der Waals surface area contributed by atoms with Crippen LogP contribution < -0.4 is 0 Å². The lowest BCUT2D eigenvalue weighted by atomic mass is 9.91. The molecule has 3 N–H and O–H groups in total. The highest BCUT2D eigenvalue weighted by Gasteiger charge is 2.40. The molecule has 122 valence electrons. The van der Waals surface area contributed by atoms with Crippen LogP contribution in [0.3, 0.4) is 0 Å². The predicted octanol–water partition coefficient (Wildman–Crippen LogP) is 1.54. The van der Waals surface area contributed by atoms with Crippen LogP contribution in [0.15, 0.2) is 30.5 Å². The zero-order valence-electron chi connectivity index (χ0n) is 12.8. The highest BCUT2D eigenvalue weighted by Crippen LogP contribution is 2.23. The van der Waals surface area contributed by atoms with E-state index in [1.165, 1.54) is 0 Å². The van der Waals surface area contributed by atoms with Crippen molar-refractivity contribution in [1.29, 1.82) is 0 Å². The fraction of sp³-hybridized carbons (Fsp3) is 0.412. The van der Waals surface area contributed by atoms with E-state index in [1.54, 1.807) is 4.90 Å². The summed E-state index contributed by atoms with van der Waals surface area (Å²) in [6, 6.07) is 8.07. The summed E-state index contributed by atoms with van der Waals surface area (Å²) in [4.78, 5) is 28.0. The molecule has 2 aromatic rings. The van der Waals surface area contributed by atoms with Crippen LogP contribution >= 0.6 is 0 Å². The lowest BCUT2D eigenvalue weighted by Crippen LogP contribution is -2.50. The normalized spacial score (nSPS) is 17.3. The highest BCUT2D eigenvalue weighted by molar-refractivity contribution is 5.81. The summed E-state index contributed by atoms with van der Waals surface area (Å²) in [5.74, 6) is -1.20. The van der Waals surface area contributed by atoms with Gasteiger partial charge in [-0.3, -0.25) is 4.79 Å². The average molecular weight is 316 g/mol. The lowest BCUT2D eigenvalue weighted by molar-refractivity contribution is -0.165. The van der Waals surface area contributed by atoms with Crippen molar-refractivity contribution in [3.05, 3.63) is 36.0 Å². The van der Waals surface area contributed by atoms with Gasteiger partial charge in [0.15, 0.2) is 5.60 Å². The molecule has 1 fully saturated rings. The number of aliphatic hydroxyl groups is 1. The first-order chi connectivity index (χ1) is 11.0. The number of fused-ring (bicyclic) bond motifs is 1. The summed E-state index contributed by atoms with van der Waals surface area (Å²) >= 11 is 0. The number of aliphatic carboxylic acids is 1. The lowest BCUT2D eigenvalue weighted by Gasteiger charge is -2.35. The average Bonchev–Trinajstić information content (AvgIpc) is 3.00. The van der Waals surface area contributed by atoms with Crippen LogP contribution in [-0.4, -0.2) is 50.7 Å². The number of aromatic nitrogens is 1. The summed E-state index contributed by atoms with van der Waals surface area (Å²) in [6.07, 6.45) is 3.10. The number of carbonyl (C=O) groups is 2. The van der Waals surface area contributed by atoms with E-state index in [9.17, 15) is 14.7 Å². The van der Waals surface area contributed by atoms with E-state index in [0.717, 1.165) is 16.5 Å². The van der Waals surface area contributed by atoms with Gasteiger partial charge in [-0.1, -0.05) is 6.07 Å². The van der Waals surface area contributed by atoms with E-state index < -0.39 is 11.6 Å². The number of nitrogens with zero attached hydrogens (tertiary/aromatic N) is 1. The van der Waals surface area contributed by atoms with Gasteiger partial charge < -0.3 is 20.1 Å². The van der Waals surface area contributed by atoms with Crippen molar-refractivity contribution < 1.29 is 19.8 Å². The van der Waals surface area contributed by atoms with Gasteiger partial charge in [-0.15, -0.1) is 0 Å². The minimum atomic E-state index is -1.68. The smallest absolute Gasteiger partial charge is 0.335 e. The second-order valence-electron chi connectivity index (χ2n) is 6.12. The number of rotatable bonds is 4. The number of likely N-dealkylation sites (tertiary alicyclic amines) is 1. The van der Waals surface area contributed by atoms with Crippen LogP contribution in [0.2, 0.25) is 0 Å². The molecule has 1 amide bonds. The molecular formula is C17H20N2O4. The number of carbonyl (C=O) groups excluding carboxylic acids is 1. The first kappa shape index (κ1) is 15.6. The fourth-order valence-electron chi connectivity index (χ4n) is 3.01. The Kier molecular flexibility index (Phi) is 4.09. The second kappa shape index (κ2) is 6.04. The minimum absolute atomic E-state index is 0.00612. The van der Waals surface area contributed by atoms with Crippen LogP contribution in [0, 0.1) is 0 Å². The Morgan fingerprint density at radius 3 is 2.65 bits per heavy atom. The number of hydrogen-bond donors (Lipinski definition) is 3. The molecule has 0 aliphatic carbocycles. The molecule has 23 heavy (non-hydrogen) atoms. The zero-order valence-corrected chi connectivity index (χ0v) is 12.8. The van der Waals surface area contributed by atoms with Crippen LogP contribution in [0.4, 0.5) is 0 Å². The van der Waals surface area contributed by atoms with Gasteiger partial charge in [-0.25, -0.2) is 4.79 Å². The second-order valence-corrected chi connectivity index (χ2v) is 6.12. The molecule has 0 unspecified atom stereocenters. The maximum Gasteiger partial charge on any atom is 0.335 e. The molecule has 0 bridgehead atoms. The topological polar surface area (TPSA) is 93.6 Å². The van der Waals surface area contributed by atoms with Crippen molar-refractivity contribution in [2.45, 2.75) is 31.3 Å². The molecular weight excluding hydrogens is 296 g/mol. The Bertz CT molecular complexity index is 729. The number of amides is 1. The number of H-pyrrole nitrogens is 1. The molecule has 0 saturated carbocycles. The van der Waals surface area contributed by atoms with Crippen molar-refractivity contribution in [2.24, 2.45) is 0 Å². The Labute approximate surface area is 133 Å². The summed E-state index contributed by atoms with van der Waals surface area (Å²) in [5, 5.41) is 20.0. The van der Waals surface area contributed by atoms with Crippen molar-refractivity contribution in [2.75, 3.05) is 13.1 Å². The molecule has 6 nitrogen and oxygen atoms in total. The van der Waals surface area contributed by atoms with Gasteiger partial charge in [0.2, 0.25) is 5.91 Å². The summed E-state index contributed by atoms with van der Waals surface area (Å²) < 4.78 is 0. The number of aromatic amines is 1. The number of benzene rings is 1. The zero-order chi connectivity index (χ0) is 16.4. The van der Waals surface area contributed by atoms with Crippen molar-refractivity contribution >= 4 is 22.8 Å². The van der Waals surface area contributed by atoms with E-state index in [-0.39, 0.29) is 18.7 Å². The SMILES string of the molecule is O=C(CCc1ccc2[nH]ccc2c1)N1CCC(O)(C(=O)O)CC1. The molecule has 2 heterocycles. The number of carboxylic acids is 1. The maximum atomic E-state index is 12.3. The molecule has 0 atom stereocenters. The summed E-state index contributed by atoms with van der Waals surface area (Å²) in [6.45, 7) is 0.580. The molecule has 1 saturated heterocycles. The Balaban J connectivity index is 1.54. The molecule has 1 aromatic carbocycles. The van der Waals surface area contributed by atoms with E-state index in [0.29, 0.717) is 25.9 Å². The van der Waals surface area contributed by atoms with E-state index >= 15 is 0 Å². The standard InChI is InChI=1S/C17H20N2O4/c20-15(19-9-6-17(23,7-10-19)16(21)22)4-2-12-1-3-14-13(11-12)5-8-18-14/h1,3,5,8,11,18,23H,2,4,6-7,9-10H2,(H,21,22). The van der Waals surface area contributed by atoms with Gasteiger partial charge in [0.25, 0.3) is 0 Å². The number of nitrogens with one attached hydrogen (secondary N) is 1. The third-order valence-corrected chi connectivity index (χ3v) is 4.59. The van der Waals surface area contributed by atoms with Gasteiger partial charge in [0.05, 0.1) is 0 Å². The number of hydrogen-bond acceptors (Lipinski definition) is 3. The summed E-state index contributed by atoms with van der Waals surface area (Å²) in [7, 11) is 0. The highest BCUT2D eigenvalue weighted by atomic mass is 16.4. The summed E-state index contributed by atoms with van der Waals surface area (Å²) in [5.41, 5.74) is 0.490. The van der Waals surface area contributed by atoms with Crippen LogP contribution in [0.25, 0.3) is 10.9 Å². The molecule has 1 aliphatic heterocycles. The third kappa shape index (κ3) is 3.22. The minimum Gasteiger partial charge on any atom is -0.479 e. The van der Waals surface area contributed by atoms with Crippen molar-refractivity contribution in [1.82, 2.24) is 9.88 Å². The largest absolute Gasteiger partial charge is 0.479 e. The first-order valence-corrected chi connectivity index (χ1v) is 7.77. The van der Waals surface area contributed by atoms with E-state index in [2.05, 4.69) is 11.1 Å². The molecule has 0 radical (unpaired) electrons. The molecule has 0 spiro atoms. The van der Waals surface area contributed by atoms with Crippen LogP contribution in [0.1, 0.15) is 24.8 Å². The van der Waals surface area contributed by atoms with Gasteiger partial charge in [-0.05, 0) is 35.6 Å². The number of carboxylic acid groups (broad SMARTS) is 1. The third-order valence-electron chi connectivity index (χ3n) is 4.59. The molecule has 6 heteroatoms. The van der Waals surface area contributed by atoms with Crippen LogP contribution in [-0.2, 0) is 16.0 Å². The Hall–Kier alpha value is -2.34. The van der Waals surface area contributed by atoms with E-state index in [1.807, 2.05) is 24.4 Å². The van der Waals surface area contributed by atoms with Gasteiger partial charge in [-0.2, -0.15) is 0 Å². The molecule has 1 aliphatic rings. The Morgan fingerprint density at radius 2 is 1.96 bits per heavy atom. The molecule has 1 aromatic heterocycles. The monoisotopic (exact) mass is 316 g/mol. The number of piperidine rings is 1.